The van der Waals surface area contributed by atoms with Crippen molar-refractivity contribution in [2.45, 2.75) is 32.4 Å². The second-order valence-corrected chi connectivity index (χ2v) is 4.22. The maximum absolute atomic E-state index is 9.71. The summed E-state index contributed by atoms with van der Waals surface area (Å²) in [4.78, 5) is 2.20. The summed E-state index contributed by atoms with van der Waals surface area (Å²) >= 11 is 0. The summed E-state index contributed by atoms with van der Waals surface area (Å²) in [6, 6.07) is 3.85. The van der Waals surface area contributed by atoms with Crippen molar-refractivity contribution in [2.24, 2.45) is 0 Å². The van der Waals surface area contributed by atoms with E-state index in [9.17, 15) is 5.11 Å². The summed E-state index contributed by atoms with van der Waals surface area (Å²) < 4.78 is 10.4. The van der Waals surface area contributed by atoms with Crippen molar-refractivity contribution in [1.82, 2.24) is 4.90 Å². The first-order valence-electron chi connectivity index (χ1n) is 6.18. The zero-order valence-corrected chi connectivity index (χ0v) is 10.8. The normalized spacial score (nSPS) is 13.2. The van der Waals surface area contributed by atoms with Crippen molar-refractivity contribution in [3.63, 3.8) is 0 Å². The average Bonchev–Trinajstić information content (AvgIpc) is 2.82. The Morgan fingerprint density at radius 3 is 2.94 bits per heavy atom. The van der Waals surface area contributed by atoms with Crippen molar-refractivity contribution < 1.29 is 14.3 Å². The van der Waals surface area contributed by atoms with Crippen LogP contribution in [0, 0.1) is 0 Å². The highest BCUT2D eigenvalue weighted by atomic mass is 16.5. The van der Waals surface area contributed by atoms with Gasteiger partial charge in [0.05, 0.1) is 18.9 Å². The Balaban J connectivity index is 2.40. The highest BCUT2D eigenvalue weighted by Gasteiger charge is 2.11. The van der Waals surface area contributed by atoms with E-state index in [0.29, 0.717) is 6.54 Å². The number of aliphatic hydroxyl groups is 1. The predicted octanol–water partition coefficient (Wildman–Crippen LogP) is 1.89. The largest absolute Gasteiger partial charge is 0.468 e. The average molecular weight is 241 g/mol. The van der Waals surface area contributed by atoms with Gasteiger partial charge in [-0.15, -0.1) is 0 Å². The Labute approximate surface area is 103 Å². The van der Waals surface area contributed by atoms with Crippen LogP contribution in [-0.2, 0) is 11.3 Å². The molecule has 17 heavy (non-hydrogen) atoms. The van der Waals surface area contributed by atoms with E-state index in [2.05, 4.69) is 4.90 Å². The van der Waals surface area contributed by atoms with Crippen LogP contribution >= 0.6 is 0 Å². The highest BCUT2D eigenvalue weighted by molar-refractivity contribution is 4.97. The standard InChI is InChI=1S/C13H23NO3/c1-3-12(15)10-14(7-5-8-16-2)11-13-6-4-9-17-13/h4,6,9,12,15H,3,5,7-8,10-11H2,1-2H3. The van der Waals surface area contributed by atoms with Crippen molar-refractivity contribution >= 4 is 0 Å². The number of aliphatic hydroxyl groups excluding tert-OH is 1. The van der Waals surface area contributed by atoms with Crippen LogP contribution in [0.2, 0.25) is 0 Å². The summed E-state index contributed by atoms with van der Waals surface area (Å²) in [6.45, 7) is 5.07. The highest BCUT2D eigenvalue weighted by Crippen LogP contribution is 2.07. The van der Waals surface area contributed by atoms with E-state index in [1.165, 1.54) is 0 Å². The number of ether oxygens (including phenoxy) is 1. The molecule has 1 heterocycles. The van der Waals surface area contributed by atoms with Gasteiger partial charge in [-0.05, 0) is 25.0 Å². The van der Waals surface area contributed by atoms with Gasteiger partial charge in [-0.3, -0.25) is 4.90 Å². The molecular weight excluding hydrogens is 218 g/mol. The molecule has 0 bridgehead atoms. The minimum Gasteiger partial charge on any atom is -0.468 e. The fourth-order valence-electron chi connectivity index (χ4n) is 1.72. The number of nitrogens with zero attached hydrogens (tertiary/aromatic N) is 1. The molecule has 1 aromatic heterocycles. The van der Waals surface area contributed by atoms with Gasteiger partial charge in [0.15, 0.2) is 0 Å². The van der Waals surface area contributed by atoms with E-state index in [1.807, 2.05) is 19.1 Å². The third kappa shape index (κ3) is 5.86. The second-order valence-electron chi connectivity index (χ2n) is 4.22. The van der Waals surface area contributed by atoms with E-state index in [1.54, 1.807) is 13.4 Å². The van der Waals surface area contributed by atoms with Crippen LogP contribution in [0.3, 0.4) is 0 Å². The zero-order valence-electron chi connectivity index (χ0n) is 10.8. The monoisotopic (exact) mass is 241 g/mol. The first kappa shape index (κ1) is 14.2. The van der Waals surface area contributed by atoms with E-state index in [0.717, 1.165) is 38.3 Å². The first-order chi connectivity index (χ1) is 8.26. The van der Waals surface area contributed by atoms with Crippen LogP contribution in [0.4, 0.5) is 0 Å². The van der Waals surface area contributed by atoms with Gasteiger partial charge in [0.1, 0.15) is 5.76 Å². The molecule has 1 aromatic rings. The van der Waals surface area contributed by atoms with Crippen molar-refractivity contribution in [3.8, 4) is 0 Å². The summed E-state index contributed by atoms with van der Waals surface area (Å²) in [5.41, 5.74) is 0. The molecule has 0 aromatic carbocycles. The molecule has 0 spiro atoms. The third-order valence-corrected chi connectivity index (χ3v) is 2.72. The van der Waals surface area contributed by atoms with Gasteiger partial charge in [-0.2, -0.15) is 0 Å². The number of hydrogen-bond acceptors (Lipinski definition) is 4. The van der Waals surface area contributed by atoms with Gasteiger partial charge in [-0.25, -0.2) is 0 Å². The molecule has 4 nitrogen and oxygen atoms in total. The summed E-state index contributed by atoms with van der Waals surface area (Å²) in [5.74, 6) is 0.936. The predicted molar refractivity (Wildman–Crippen MR) is 66.8 cm³/mol. The Bertz CT molecular complexity index is 274. The molecule has 0 radical (unpaired) electrons. The van der Waals surface area contributed by atoms with Crippen LogP contribution in [0.5, 0.6) is 0 Å². The summed E-state index contributed by atoms with van der Waals surface area (Å²) in [7, 11) is 1.71. The van der Waals surface area contributed by atoms with Crippen LogP contribution < -0.4 is 0 Å². The molecule has 1 rings (SSSR count). The number of methoxy groups -OCH3 is 1. The van der Waals surface area contributed by atoms with Crippen molar-refractivity contribution in [1.29, 1.82) is 0 Å². The number of hydrogen-bond donors (Lipinski definition) is 1. The van der Waals surface area contributed by atoms with E-state index < -0.39 is 0 Å². The van der Waals surface area contributed by atoms with Crippen molar-refractivity contribution in [3.05, 3.63) is 24.2 Å². The lowest BCUT2D eigenvalue weighted by atomic mass is 10.2. The van der Waals surface area contributed by atoms with E-state index in [4.69, 9.17) is 9.15 Å². The molecule has 0 aliphatic rings. The van der Waals surface area contributed by atoms with Gasteiger partial charge in [0.2, 0.25) is 0 Å². The number of rotatable bonds is 9. The van der Waals surface area contributed by atoms with E-state index in [-0.39, 0.29) is 6.10 Å². The summed E-state index contributed by atoms with van der Waals surface area (Å²) in [6.07, 6.45) is 3.15. The van der Waals surface area contributed by atoms with Gasteiger partial charge in [0, 0.05) is 26.8 Å². The SMILES string of the molecule is CCC(O)CN(CCCOC)Cc1ccco1. The molecule has 0 aliphatic heterocycles. The first-order valence-corrected chi connectivity index (χ1v) is 6.18. The number of furan rings is 1. The third-order valence-electron chi connectivity index (χ3n) is 2.72. The lowest BCUT2D eigenvalue weighted by Gasteiger charge is -2.23. The molecule has 0 fully saturated rings. The smallest absolute Gasteiger partial charge is 0.117 e. The molecule has 0 aliphatic carbocycles. The quantitative estimate of drug-likeness (QED) is 0.671. The minimum atomic E-state index is -0.271. The molecule has 1 atom stereocenters. The fourth-order valence-corrected chi connectivity index (χ4v) is 1.72. The molecule has 98 valence electrons. The van der Waals surface area contributed by atoms with Gasteiger partial charge < -0.3 is 14.3 Å². The molecular formula is C13H23NO3. The fraction of sp³-hybridized carbons (Fsp3) is 0.692. The van der Waals surface area contributed by atoms with Crippen LogP contribution in [0.1, 0.15) is 25.5 Å². The van der Waals surface area contributed by atoms with Gasteiger partial charge >= 0.3 is 0 Å². The molecule has 0 amide bonds. The Hall–Kier alpha value is -0.840. The topological polar surface area (TPSA) is 45.8 Å². The Morgan fingerprint density at radius 1 is 1.53 bits per heavy atom. The zero-order chi connectivity index (χ0) is 12.5. The van der Waals surface area contributed by atoms with Gasteiger partial charge in [-0.1, -0.05) is 6.92 Å². The second kappa shape index (κ2) is 8.28. The molecule has 1 N–H and O–H groups in total. The maximum atomic E-state index is 9.71. The molecule has 0 saturated carbocycles. The molecule has 1 unspecified atom stereocenters. The van der Waals surface area contributed by atoms with Crippen molar-refractivity contribution in [2.75, 3.05) is 26.8 Å². The molecule has 0 saturated heterocycles. The van der Waals surface area contributed by atoms with E-state index >= 15 is 0 Å². The molecule has 4 heteroatoms. The Kier molecular flexibility index (Phi) is 6.93. The summed E-state index contributed by atoms with van der Waals surface area (Å²) in [5, 5.41) is 9.71. The van der Waals surface area contributed by atoms with Crippen LogP contribution in [-0.4, -0.2) is 42.9 Å². The van der Waals surface area contributed by atoms with Crippen LogP contribution in [0.25, 0.3) is 0 Å². The lowest BCUT2D eigenvalue weighted by molar-refractivity contribution is 0.0930. The van der Waals surface area contributed by atoms with Gasteiger partial charge in [0.25, 0.3) is 0 Å². The minimum absolute atomic E-state index is 0.271. The lowest BCUT2D eigenvalue weighted by Crippen LogP contribution is -2.33. The maximum Gasteiger partial charge on any atom is 0.117 e. The Morgan fingerprint density at radius 2 is 2.35 bits per heavy atom. The van der Waals surface area contributed by atoms with Crippen LogP contribution in [0.15, 0.2) is 22.8 Å².